The van der Waals surface area contributed by atoms with Crippen LogP contribution in [-0.4, -0.2) is 17.5 Å². The summed E-state index contributed by atoms with van der Waals surface area (Å²) in [7, 11) is 0. The monoisotopic (exact) mass is 238 g/mol. The van der Waals surface area contributed by atoms with Crippen molar-refractivity contribution in [2.45, 2.75) is 45.6 Å². The number of carbonyl (C=O) groups excluding carboxylic acids is 2. The molecule has 1 fully saturated rings. The quantitative estimate of drug-likeness (QED) is 0.707. The first-order valence-electron chi connectivity index (χ1n) is 6.11. The van der Waals surface area contributed by atoms with Gasteiger partial charge in [-0.1, -0.05) is 13.8 Å². The summed E-state index contributed by atoms with van der Waals surface area (Å²) in [6.07, 6.45) is 3.79. The fourth-order valence-electron chi connectivity index (χ4n) is 2.22. The minimum atomic E-state index is -0.733. The maximum absolute atomic E-state index is 11.7. The first-order valence-corrected chi connectivity index (χ1v) is 6.11. The molecule has 1 heterocycles. The third kappa shape index (κ3) is 2.08. The Balaban J connectivity index is 2.10. The fourth-order valence-corrected chi connectivity index (χ4v) is 2.22. The zero-order chi connectivity index (χ0) is 12.6. The van der Waals surface area contributed by atoms with Crippen LogP contribution in [0.1, 0.15) is 40.0 Å². The second-order valence-corrected chi connectivity index (χ2v) is 5.09. The second kappa shape index (κ2) is 4.17. The van der Waals surface area contributed by atoms with Crippen molar-refractivity contribution in [2.75, 3.05) is 0 Å². The average molecular weight is 238 g/mol. The summed E-state index contributed by atoms with van der Waals surface area (Å²) in [5, 5.41) is 0. The molecule has 0 saturated carbocycles. The van der Waals surface area contributed by atoms with Crippen molar-refractivity contribution >= 4 is 11.9 Å². The minimum absolute atomic E-state index is 0.0638. The highest BCUT2D eigenvalue weighted by Crippen LogP contribution is 2.43. The molecule has 1 aliphatic heterocycles. The third-order valence-corrected chi connectivity index (χ3v) is 3.63. The summed E-state index contributed by atoms with van der Waals surface area (Å²) in [5.41, 5.74) is -0.733. The number of rotatable bonds is 3. The molecule has 3 atom stereocenters. The molecule has 4 heteroatoms. The Bertz CT molecular complexity index is 385. The molecule has 0 aromatic rings. The Hall–Kier alpha value is -1.32. The van der Waals surface area contributed by atoms with Gasteiger partial charge >= 0.3 is 11.9 Å². The SMILES string of the molecule is CCC(C)C(=O)OC1=CCC2CC1(C)OC2=O. The first-order chi connectivity index (χ1) is 7.96. The average Bonchev–Trinajstić information content (AvgIpc) is 2.53. The molecule has 2 aliphatic rings. The standard InChI is InChI=1S/C13H18O4/c1-4-8(2)11(14)16-10-6-5-9-7-13(10,3)17-12(9)15/h6,8-9H,4-5,7H2,1-3H3. The summed E-state index contributed by atoms with van der Waals surface area (Å²) < 4.78 is 10.7. The molecule has 0 spiro atoms. The maximum Gasteiger partial charge on any atom is 0.313 e. The van der Waals surface area contributed by atoms with E-state index >= 15 is 0 Å². The number of ether oxygens (including phenoxy) is 2. The molecule has 3 unspecified atom stereocenters. The molecule has 94 valence electrons. The van der Waals surface area contributed by atoms with Crippen LogP contribution in [0, 0.1) is 11.8 Å². The highest BCUT2D eigenvalue weighted by Gasteiger charge is 2.50. The molecule has 1 aliphatic carbocycles. The lowest BCUT2D eigenvalue weighted by molar-refractivity contribution is -0.155. The zero-order valence-electron chi connectivity index (χ0n) is 10.5. The highest BCUT2D eigenvalue weighted by atomic mass is 16.6. The van der Waals surface area contributed by atoms with Crippen molar-refractivity contribution in [1.82, 2.24) is 0 Å². The molecule has 2 rings (SSSR count). The Morgan fingerprint density at radius 3 is 3.06 bits per heavy atom. The number of fused-ring (bicyclic) bond motifs is 2. The highest BCUT2D eigenvalue weighted by molar-refractivity contribution is 5.78. The summed E-state index contributed by atoms with van der Waals surface area (Å²) in [4.78, 5) is 23.2. The fraction of sp³-hybridized carbons (Fsp3) is 0.692. The molecular formula is C13H18O4. The molecule has 4 nitrogen and oxygen atoms in total. The van der Waals surface area contributed by atoms with Gasteiger partial charge in [-0.3, -0.25) is 9.59 Å². The number of hydrogen-bond acceptors (Lipinski definition) is 4. The molecule has 1 saturated heterocycles. The van der Waals surface area contributed by atoms with Gasteiger partial charge in [0, 0.05) is 6.42 Å². The maximum atomic E-state index is 11.7. The summed E-state index contributed by atoms with van der Waals surface area (Å²) >= 11 is 0. The number of esters is 2. The van der Waals surface area contributed by atoms with Gasteiger partial charge in [-0.25, -0.2) is 0 Å². The zero-order valence-corrected chi connectivity index (χ0v) is 10.5. The molecule has 0 radical (unpaired) electrons. The van der Waals surface area contributed by atoms with Crippen LogP contribution in [0.25, 0.3) is 0 Å². The van der Waals surface area contributed by atoms with Crippen LogP contribution in [0.2, 0.25) is 0 Å². The lowest BCUT2D eigenvalue weighted by atomic mass is 9.86. The Morgan fingerprint density at radius 2 is 2.41 bits per heavy atom. The molecule has 17 heavy (non-hydrogen) atoms. The molecule has 0 aromatic heterocycles. The molecule has 0 N–H and O–H groups in total. The van der Waals surface area contributed by atoms with Crippen LogP contribution >= 0.6 is 0 Å². The minimum Gasteiger partial charge on any atom is -0.451 e. The van der Waals surface area contributed by atoms with Crippen molar-refractivity contribution in [3.05, 3.63) is 11.8 Å². The van der Waals surface area contributed by atoms with Gasteiger partial charge in [0.25, 0.3) is 0 Å². The van der Waals surface area contributed by atoms with Crippen molar-refractivity contribution in [2.24, 2.45) is 11.8 Å². The number of hydrogen-bond donors (Lipinski definition) is 0. The van der Waals surface area contributed by atoms with Crippen molar-refractivity contribution < 1.29 is 19.1 Å². The van der Waals surface area contributed by atoms with E-state index in [-0.39, 0.29) is 23.8 Å². The molecular weight excluding hydrogens is 220 g/mol. The molecule has 0 amide bonds. The number of carbonyl (C=O) groups is 2. The van der Waals surface area contributed by atoms with E-state index in [1.165, 1.54) is 0 Å². The van der Waals surface area contributed by atoms with E-state index in [0.29, 0.717) is 18.6 Å². The van der Waals surface area contributed by atoms with E-state index in [1.54, 1.807) is 6.92 Å². The summed E-state index contributed by atoms with van der Waals surface area (Å²) in [5.74, 6) is -0.120. The van der Waals surface area contributed by atoms with Crippen LogP contribution in [0.15, 0.2) is 11.8 Å². The Morgan fingerprint density at radius 1 is 1.71 bits per heavy atom. The molecule has 2 bridgehead atoms. The van der Waals surface area contributed by atoms with E-state index in [4.69, 9.17) is 9.47 Å². The van der Waals surface area contributed by atoms with Gasteiger partial charge in [-0.05, 0) is 25.8 Å². The van der Waals surface area contributed by atoms with Gasteiger partial charge in [0.1, 0.15) is 5.76 Å². The van der Waals surface area contributed by atoms with Crippen molar-refractivity contribution in [3.8, 4) is 0 Å². The first kappa shape index (κ1) is 12.1. The van der Waals surface area contributed by atoms with Crippen LogP contribution in [0.3, 0.4) is 0 Å². The molecule has 0 aromatic carbocycles. The van der Waals surface area contributed by atoms with Gasteiger partial charge < -0.3 is 9.47 Å². The normalized spacial score (nSPS) is 32.8. The predicted octanol–water partition coefficient (Wildman–Crippen LogP) is 2.19. The van der Waals surface area contributed by atoms with E-state index in [1.807, 2.05) is 19.9 Å². The van der Waals surface area contributed by atoms with Crippen LogP contribution in [0.4, 0.5) is 0 Å². The predicted molar refractivity (Wildman–Crippen MR) is 60.9 cm³/mol. The van der Waals surface area contributed by atoms with Crippen molar-refractivity contribution in [1.29, 1.82) is 0 Å². The van der Waals surface area contributed by atoms with Gasteiger partial charge in [-0.2, -0.15) is 0 Å². The van der Waals surface area contributed by atoms with Crippen LogP contribution < -0.4 is 0 Å². The van der Waals surface area contributed by atoms with Gasteiger partial charge in [-0.15, -0.1) is 0 Å². The largest absolute Gasteiger partial charge is 0.451 e. The van der Waals surface area contributed by atoms with Gasteiger partial charge in [0.05, 0.1) is 11.8 Å². The van der Waals surface area contributed by atoms with Gasteiger partial charge in [0.15, 0.2) is 5.60 Å². The lowest BCUT2D eigenvalue weighted by Gasteiger charge is -2.27. The second-order valence-electron chi connectivity index (χ2n) is 5.09. The van der Waals surface area contributed by atoms with Crippen LogP contribution in [0.5, 0.6) is 0 Å². The van der Waals surface area contributed by atoms with E-state index in [0.717, 1.165) is 6.42 Å². The van der Waals surface area contributed by atoms with Gasteiger partial charge in [0.2, 0.25) is 0 Å². The number of allylic oxidation sites excluding steroid dienone is 1. The van der Waals surface area contributed by atoms with Crippen LogP contribution in [-0.2, 0) is 19.1 Å². The van der Waals surface area contributed by atoms with E-state index < -0.39 is 5.60 Å². The Labute approximate surface area is 101 Å². The smallest absolute Gasteiger partial charge is 0.313 e. The van der Waals surface area contributed by atoms with Crippen molar-refractivity contribution in [3.63, 3.8) is 0 Å². The summed E-state index contributed by atoms with van der Waals surface area (Å²) in [6.45, 7) is 5.58. The van der Waals surface area contributed by atoms with E-state index in [9.17, 15) is 9.59 Å². The Kier molecular flexibility index (Phi) is 2.98. The summed E-state index contributed by atoms with van der Waals surface area (Å²) in [6, 6.07) is 0. The van der Waals surface area contributed by atoms with E-state index in [2.05, 4.69) is 0 Å². The topological polar surface area (TPSA) is 52.6 Å². The lowest BCUT2D eigenvalue weighted by Crippen LogP contribution is -2.32. The third-order valence-electron chi connectivity index (χ3n) is 3.63.